The molecule has 140 valence electrons. The first kappa shape index (κ1) is 20.2. The van der Waals surface area contributed by atoms with Crippen LogP contribution in [0.25, 0.3) is 0 Å². The third-order valence-electron chi connectivity index (χ3n) is 3.89. The molecular weight excluding hydrogens is 385 g/mol. The molecule has 0 N–H and O–H groups in total. The second-order valence-electron chi connectivity index (χ2n) is 7.30. The van der Waals surface area contributed by atoms with Crippen LogP contribution in [0.2, 0.25) is 19.6 Å². The summed E-state index contributed by atoms with van der Waals surface area (Å²) in [4.78, 5) is -0.147. The van der Waals surface area contributed by atoms with Crippen LogP contribution in [0.15, 0.2) is 33.4 Å². The van der Waals surface area contributed by atoms with E-state index in [2.05, 4.69) is 11.5 Å². The van der Waals surface area contributed by atoms with Gasteiger partial charge in [0, 0.05) is 9.81 Å². The van der Waals surface area contributed by atoms with Gasteiger partial charge in [0.05, 0.1) is 5.57 Å². The molecule has 2 rings (SSSR count). The van der Waals surface area contributed by atoms with Gasteiger partial charge in [-0.25, -0.2) is 4.39 Å². The van der Waals surface area contributed by atoms with Gasteiger partial charge in [0.25, 0.3) is 0 Å². The first-order valence-corrected chi connectivity index (χ1v) is 13.2. The molecule has 0 spiro atoms. The molecule has 9 heteroatoms. The van der Waals surface area contributed by atoms with Crippen molar-refractivity contribution in [3.63, 3.8) is 0 Å². The summed E-state index contributed by atoms with van der Waals surface area (Å²) in [6.07, 6.45) is 5.22. The molecule has 0 bridgehead atoms. The molecule has 0 aromatic carbocycles. The Morgan fingerprint density at radius 1 is 0.920 bits per heavy atom. The average Bonchev–Trinajstić information content (AvgIpc) is 2.73. The Morgan fingerprint density at radius 2 is 1.44 bits per heavy atom. The summed E-state index contributed by atoms with van der Waals surface area (Å²) in [6, 6.07) is 0. The van der Waals surface area contributed by atoms with Gasteiger partial charge in [-0.2, -0.15) is 36.4 Å². The highest BCUT2D eigenvalue weighted by Gasteiger charge is 2.81. The fourth-order valence-electron chi connectivity index (χ4n) is 2.42. The zero-order valence-electron chi connectivity index (χ0n) is 14.2. The molecule has 0 aromatic heterocycles. The predicted octanol–water partition coefficient (Wildman–Crippen LogP) is 5.86. The largest absolute Gasteiger partial charge is 0.383 e. The smallest absolute Gasteiger partial charge is 0.204 e. The molecule has 0 amide bonds. The predicted molar refractivity (Wildman–Crippen MR) is 89.7 cm³/mol. The number of rotatable bonds is 1. The Morgan fingerprint density at radius 3 is 1.84 bits per heavy atom. The fourth-order valence-corrected chi connectivity index (χ4v) is 5.10. The zero-order chi connectivity index (χ0) is 19.6. The average molecular weight is 402 g/mol. The molecule has 0 fully saturated rings. The maximum Gasteiger partial charge on any atom is 0.383 e. The lowest BCUT2D eigenvalue weighted by Crippen LogP contribution is -2.49. The van der Waals surface area contributed by atoms with Crippen molar-refractivity contribution in [2.75, 3.05) is 12.5 Å². The van der Waals surface area contributed by atoms with E-state index in [1.54, 1.807) is 0 Å². The van der Waals surface area contributed by atoms with Crippen molar-refractivity contribution in [2.24, 2.45) is 0 Å². The Balaban J connectivity index is 2.55. The van der Waals surface area contributed by atoms with E-state index in [-0.39, 0.29) is 0 Å². The Kier molecular flexibility index (Phi) is 4.38. The van der Waals surface area contributed by atoms with E-state index in [4.69, 9.17) is 0 Å². The van der Waals surface area contributed by atoms with E-state index in [0.717, 1.165) is 6.08 Å². The van der Waals surface area contributed by atoms with Crippen molar-refractivity contribution in [3.05, 3.63) is 33.4 Å². The van der Waals surface area contributed by atoms with Crippen LogP contribution in [0.1, 0.15) is 0 Å². The van der Waals surface area contributed by atoms with Crippen LogP contribution in [0.3, 0.4) is 0 Å². The molecule has 0 unspecified atom stereocenters. The SMILES string of the molecule is C[Si](C)(C)C#CC1=CC=C(C2=C(F)C(F)(F)C(F)(F)C2(F)F)S1(C)C. The van der Waals surface area contributed by atoms with E-state index in [1.807, 2.05) is 19.6 Å². The monoisotopic (exact) mass is 402 g/mol. The van der Waals surface area contributed by atoms with Gasteiger partial charge < -0.3 is 0 Å². The molecule has 0 aromatic rings. The quantitative estimate of drug-likeness (QED) is 0.293. The fraction of sp³-hybridized carbons (Fsp3) is 0.500. The molecule has 25 heavy (non-hydrogen) atoms. The number of alkyl halides is 6. The van der Waals surface area contributed by atoms with Gasteiger partial charge in [-0.1, -0.05) is 25.6 Å². The molecule has 1 heterocycles. The molecule has 0 nitrogen and oxygen atoms in total. The second-order valence-corrected chi connectivity index (χ2v) is 15.6. The number of allylic oxidation sites excluding steroid dienone is 5. The van der Waals surface area contributed by atoms with Crippen molar-refractivity contribution < 1.29 is 30.7 Å². The molecule has 0 saturated heterocycles. The lowest BCUT2D eigenvalue weighted by molar-refractivity contribution is -0.267. The summed E-state index contributed by atoms with van der Waals surface area (Å²) >= 11 is 0. The van der Waals surface area contributed by atoms with Gasteiger partial charge in [0.1, 0.15) is 8.07 Å². The Hall–Kier alpha value is -1.14. The van der Waals surface area contributed by atoms with Gasteiger partial charge in [0.2, 0.25) is 0 Å². The molecule has 0 saturated carbocycles. The summed E-state index contributed by atoms with van der Waals surface area (Å²) in [6.45, 7) is 5.84. The van der Waals surface area contributed by atoms with E-state index >= 15 is 0 Å². The summed E-state index contributed by atoms with van der Waals surface area (Å²) in [5, 5.41) is 0. The van der Waals surface area contributed by atoms with Gasteiger partial charge >= 0.3 is 17.8 Å². The van der Waals surface area contributed by atoms with Gasteiger partial charge in [-0.15, -0.1) is 5.54 Å². The van der Waals surface area contributed by atoms with E-state index in [9.17, 15) is 30.7 Å². The van der Waals surface area contributed by atoms with Crippen LogP contribution < -0.4 is 0 Å². The van der Waals surface area contributed by atoms with Gasteiger partial charge in [-0.05, 0) is 24.7 Å². The second kappa shape index (κ2) is 5.43. The third-order valence-corrected chi connectivity index (χ3v) is 7.54. The third kappa shape index (κ3) is 2.78. The van der Waals surface area contributed by atoms with Crippen LogP contribution in [-0.4, -0.2) is 38.4 Å². The standard InChI is InChI=1S/C16H17F7SSi/c1-24(2)10(8-9-25(3,4)5)6-7-11(24)12-13(17)15(20,21)16(22,23)14(12,18)19/h6-7H,1-5H3. The summed E-state index contributed by atoms with van der Waals surface area (Å²) in [5.41, 5.74) is 1.11. The van der Waals surface area contributed by atoms with Gasteiger partial charge in [0.15, 0.2) is 5.83 Å². The van der Waals surface area contributed by atoms with E-state index in [1.165, 1.54) is 18.6 Å². The summed E-state index contributed by atoms with van der Waals surface area (Å²) in [5.74, 6) is -16.6. The number of halogens is 7. The first-order valence-electron chi connectivity index (χ1n) is 7.21. The zero-order valence-corrected chi connectivity index (χ0v) is 16.0. The van der Waals surface area contributed by atoms with Crippen LogP contribution in [0.5, 0.6) is 0 Å². The lowest BCUT2D eigenvalue weighted by Gasteiger charge is -2.33. The molecule has 0 radical (unpaired) electrons. The van der Waals surface area contributed by atoms with Crippen LogP contribution in [-0.2, 0) is 0 Å². The van der Waals surface area contributed by atoms with Crippen molar-refractivity contribution >= 4 is 18.1 Å². The topological polar surface area (TPSA) is 0 Å². The number of hydrogen-bond donors (Lipinski definition) is 0. The highest BCUT2D eigenvalue weighted by atomic mass is 32.3. The lowest BCUT2D eigenvalue weighted by atomic mass is 10.1. The molecular formula is C16H17F7SSi. The van der Waals surface area contributed by atoms with Crippen molar-refractivity contribution in [1.29, 1.82) is 0 Å². The maximum atomic E-state index is 14.0. The van der Waals surface area contributed by atoms with Crippen molar-refractivity contribution in [2.45, 2.75) is 37.4 Å². The van der Waals surface area contributed by atoms with Gasteiger partial charge in [-0.3, -0.25) is 0 Å². The molecule has 2 aliphatic rings. The van der Waals surface area contributed by atoms with Crippen molar-refractivity contribution in [1.82, 2.24) is 0 Å². The minimum absolute atomic E-state index is 0.375. The molecule has 0 atom stereocenters. The molecule has 1 aliphatic heterocycles. The number of hydrogen-bond acceptors (Lipinski definition) is 0. The van der Waals surface area contributed by atoms with Crippen LogP contribution in [0, 0.1) is 11.5 Å². The highest BCUT2D eigenvalue weighted by molar-refractivity contribution is 8.39. The maximum absolute atomic E-state index is 14.0. The van der Waals surface area contributed by atoms with Crippen LogP contribution in [0.4, 0.5) is 30.7 Å². The van der Waals surface area contributed by atoms with Crippen molar-refractivity contribution in [3.8, 4) is 11.5 Å². The first-order chi connectivity index (χ1) is 11.0. The minimum Gasteiger partial charge on any atom is -0.204 e. The highest BCUT2D eigenvalue weighted by Crippen LogP contribution is 2.69. The normalized spacial score (nSPS) is 27.4. The van der Waals surface area contributed by atoms with E-state index in [0.29, 0.717) is 4.91 Å². The minimum atomic E-state index is -5.82. The Bertz CT molecular complexity index is 771. The molecule has 1 aliphatic carbocycles. The van der Waals surface area contributed by atoms with Crippen LogP contribution >= 0.6 is 10.0 Å². The Labute approximate surface area is 144 Å². The van der Waals surface area contributed by atoms with E-state index < -0.39 is 52.2 Å². The summed E-state index contributed by atoms with van der Waals surface area (Å²) < 4.78 is 95.8. The summed E-state index contributed by atoms with van der Waals surface area (Å²) in [7, 11) is -4.23.